The Hall–Kier alpha value is -2.31. The summed E-state index contributed by atoms with van der Waals surface area (Å²) in [6.07, 6.45) is 1.91. The van der Waals surface area contributed by atoms with Crippen molar-refractivity contribution in [3.8, 4) is 11.4 Å². The lowest BCUT2D eigenvalue weighted by Crippen LogP contribution is -2.19. The molecule has 7 heteroatoms. The fourth-order valence-electron chi connectivity index (χ4n) is 3.07. The summed E-state index contributed by atoms with van der Waals surface area (Å²) in [7, 11) is 3.52. The lowest BCUT2D eigenvalue weighted by molar-refractivity contribution is 0.414. The molecule has 0 spiro atoms. The van der Waals surface area contributed by atoms with Gasteiger partial charge >= 0.3 is 0 Å². The lowest BCUT2D eigenvalue weighted by atomic mass is 10.1. The standard InChI is InChI=1S/C19H24ClN5O/c1-12(21-10-18-13(2)23-24(4)19(18)20)17-11-22-25(14(17)3)15-6-8-16(26-5)9-7-15/h6-9,11-12,21H,10H2,1-5H3. The number of benzene rings is 1. The van der Waals surface area contributed by atoms with Crippen LogP contribution in [0.15, 0.2) is 30.5 Å². The summed E-state index contributed by atoms with van der Waals surface area (Å²) in [5.41, 5.74) is 5.24. The van der Waals surface area contributed by atoms with E-state index in [-0.39, 0.29) is 6.04 Å². The molecule has 0 aliphatic heterocycles. The number of aryl methyl sites for hydroxylation is 2. The molecule has 0 aliphatic rings. The summed E-state index contributed by atoms with van der Waals surface area (Å²) >= 11 is 6.32. The van der Waals surface area contributed by atoms with Gasteiger partial charge < -0.3 is 10.1 Å². The molecule has 3 rings (SSSR count). The van der Waals surface area contributed by atoms with Crippen LogP contribution in [0.4, 0.5) is 0 Å². The monoisotopic (exact) mass is 373 g/mol. The van der Waals surface area contributed by atoms with Crippen LogP contribution in [0, 0.1) is 13.8 Å². The van der Waals surface area contributed by atoms with Crippen molar-refractivity contribution in [2.75, 3.05) is 7.11 Å². The summed E-state index contributed by atoms with van der Waals surface area (Å²) < 4.78 is 8.86. The normalized spacial score (nSPS) is 12.4. The molecule has 0 bridgehead atoms. The predicted octanol–water partition coefficient (Wildman–Crippen LogP) is 3.74. The Kier molecular flexibility index (Phi) is 5.34. The van der Waals surface area contributed by atoms with Gasteiger partial charge in [0, 0.05) is 36.5 Å². The molecule has 2 aromatic heterocycles. The first-order valence-corrected chi connectivity index (χ1v) is 8.90. The molecule has 1 aromatic carbocycles. The van der Waals surface area contributed by atoms with Crippen LogP contribution >= 0.6 is 11.6 Å². The fourth-order valence-corrected chi connectivity index (χ4v) is 3.31. The number of methoxy groups -OCH3 is 1. The molecular formula is C19H24ClN5O. The third kappa shape index (κ3) is 3.48. The third-order valence-corrected chi connectivity index (χ3v) is 5.16. The van der Waals surface area contributed by atoms with Gasteiger partial charge in [-0.05, 0) is 45.0 Å². The zero-order chi connectivity index (χ0) is 18.8. The molecule has 0 radical (unpaired) electrons. The maximum Gasteiger partial charge on any atom is 0.131 e. The van der Waals surface area contributed by atoms with E-state index in [1.54, 1.807) is 11.8 Å². The van der Waals surface area contributed by atoms with Gasteiger partial charge in [0.15, 0.2) is 0 Å². The number of aromatic nitrogens is 4. The quantitative estimate of drug-likeness (QED) is 0.715. The first kappa shape index (κ1) is 18.5. The zero-order valence-corrected chi connectivity index (χ0v) is 16.5. The van der Waals surface area contributed by atoms with E-state index in [1.807, 2.05) is 49.1 Å². The first-order valence-electron chi connectivity index (χ1n) is 8.52. The molecule has 1 atom stereocenters. The molecule has 1 unspecified atom stereocenters. The van der Waals surface area contributed by atoms with Gasteiger partial charge in [-0.3, -0.25) is 4.68 Å². The van der Waals surface area contributed by atoms with Crippen LogP contribution in [-0.2, 0) is 13.6 Å². The largest absolute Gasteiger partial charge is 0.497 e. The lowest BCUT2D eigenvalue weighted by Gasteiger charge is -2.14. The average molecular weight is 374 g/mol. The van der Waals surface area contributed by atoms with Crippen molar-refractivity contribution in [3.05, 3.63) is 58.1 Å². The van der Waals surface area contributed by atoms with Crippen LogP contribution in [0.25, 0.3) is 5.69 Å². The summed E-state index contributed by atoms with van der Waals surface area (Å²) in [6.45, 7) is 6.84. The summed E-state index contributed by atoms with van der Waals surface area (Å²) in [6, 6.07) is 8.01. The van der Waals surface area contributed by atoms with Crippen molar-refractivity contribution in [2.24, 2.45) is 7.05 Å². The Bertz CT molecular complexity index is 898. The highest BCUT2D eigenvalue weighted by Crippen LogP contribution is 2.23. The molecular weight excluding hydrogens is 350 g/mol. The van der Waals surface area contributed by atoms with Gasteiger partial charge in [-0.15, -0.1) is 0 Å². The van der Waals surface area contributed by atoms with Crippen LogP contribution in [0.1, 0.15) is 35.5 Å². The Morgan fingerprint density at radius 1 is 1.23 bits per heavy atom. The van der Waals surface area contributed by atoms with Gasteiger partial charge in [-0.25, -0.2) is 4.68 Å². The number of rotatable bonds is 6. The van der Waals surface area contributed by atoms with Crippen molar-refractivity contribution >= 4 is 11.6 Å². The van der Waals surface area contributed by atoms with Crippen molar-refractivity contribution in [1.82, 2.24) is 24.9 Å². The van der Waals surface area contributed by atoms with Gasteiger partial charge in [0.2, 0.25) is 0 Å². The highest BCUT2D eigenvalue weighted by atomic mass is 35.5. The maximum atomic E-state index is 6.32. The topological polar surface area (TPSA) is 56.9 Å². The predicted molar refractivity (Wildman–Crippen MR) is 103 cm³/mol. The van der Waals surface area contributed by atoms with E-state index in [0.717, 1.165) is 34.0 Å². The highest BCUT2D eigenvalue weighted by molar-refractivity contribution is 6.30. The average Bonchev–Trinajstić information content (AvgIpc) is 3.13. The van der Waals surface area contributed by atoms with E-state index in [0.29, 0.717) is 11.7 Å². The number of hydrogen-bond acceptors (Lipinski definition) is 4. The van der Waals surface area contributed by atoms with Crippen LogP contribution < -0.4 is 10.1 Å². The Morgan fingerprint density at radius 2 is 1.92 bits per heavy atom. The van der Waals surface area contributed by atoms with Gasteiger partial charge in [-0.1, -0.05) is 11.6 Å². The van der Waals surface area contributed by atoms with Gasteiger partial charge in [0.25, 0.3) is 0 Å². The smallest absolute Gasteiger partial charge is 0.131 e. The Morgan fingerprint density at radius 3 is 2.50 bits per heavy atom. The number of halogens is 1. The molecule has 26 heavy (non-hydrogen) atoms. The van der Waals surface area contributed by atoms with E-state index < -0.39 is 0 Å². The first-order chi connectivity index (χ1) is 12.4. The second kappa shape index (κ2) is 7.51. The van der Waals surface area contributed by atoms with E-state index in [1.165, 1.54) is 0 Å². The molecule has 0 fully saturated rings. The molecule has 3 aromatic rings. The zero-order valence-electron chi connectivity index (χ0n) is 15.7. The van der Waals surface area contributed by atoms with Crippen LogP contribution in [0.5, 0.6) is 5.75 Å². The minimum atomic E-state index is 0.137. The second-order valence-corrected chi connectivity index (χ2v) is 6.73. The number of nitrogens with zero attached hydrogens (tertiary/aromatic N) is 4. The van der Waals surface area contributed by atoms with Crippen molar-refractivity contribution in [1.29, 1.82) is 0 Å². The fraction of sp³-hybridized carbons (Fsp3) is 0.368. The van der Waals surface area contributed by atoms with Crippen molar-refractivity contribution in [3.63, 3.8) is 0 Å². The third-order valence-electron chi connectivity index (χ3n) is 4.69. The van der Waals surface area contributed by atoms with Crippen LogP contribution in [0.2, 0.25) is 5.15 Å². The number of hydrogen-bond donors (Lipinski definition) is 1. The molecule has 6 nitrogen and oxygen atoms in total. The molecule has 0 saturated carbocycles. The minimum absolute atomic E-state index is 0.137. The van der Waals surface area contributed by atoms with Gasteiger partial charge in [0.05, 0.1) is 24.7 Å². The summed E-state index contributed by atoms with van der Waals surface area (Å²) in [5.74, 6) is 0.831. The second-order valence-electron chi connectivity index (χ2n) is 6.38. The maximum absolute atomic E-state index is 6.32. The SMILES string of the molecule is COc1ccc(-n2ncc(C(C)NCc3c(C)nn(C)c3Cl)c2C)cc1. The molecule has 0 saturated heterocycles. The minimum Gasteiger partial charge on any atom is -0.497 e. The van der Waals surface area contributed by atoms with E-state index >= 15 is 0 Å². The molecule has 138 valence electrons. The van der Waals surface area contributed by atoms with Crippen LogP contribution in [0.3, 0.4) is 0 Å². The molecule has 0 amide bonds. The van der Waals surface area contributed by atoms with Crippen LogP contribution in [-0.4, -0.2) is 26.7 Å². The summed E-state index contributed by atoms with van der Waals surface area (Å²) in [4.78, 5) is 0. The van der Waals surface area contributed by atoms with E-state index in [9.17, 15) is 0 Å². The molecule has 0 aliphatic carbocycles. The Balaban J connectivity index is 1.76. The molecule has 1 N–H and O–H groups in total. The van der Waals surface area contributed by atoms with Gasteiger partial charge in [-0.2, -0.15) is 10.2 Å². The van der Waals surface area contributed by atoms with E-state index in [2.05, 4.69) is 29.4 Å². The highest BCUT2D eigenvalue weighted by Gasteiger charge is 2.16. The van der Waals surface area contributed by atoms with Gasteiger partial charge in [0.1, 0.15) is 10.9 Å². The summed E-state index contributed by atoms with van der Waals surface area (Å²) in [5, 5.41) is 13.1. The van der Waals surface area contributed by atoms with E-state index in [4.69, 9.17) is 16.3 Å². The number of nitrogens with one attached hydrogen (secondary N) is 1. The van der Waals surface area contributed by atoms with Crippen molar-refractivity contribution < 1.29 is 4.74 Å². The van der Waals surface area contributed by atoms with Crippen molar-refractivity contribution in [2.45, 2.75) is 33.4 Å². The molecule has 2 heterocycles. The number of ether oxygens (including phenoxy) is 1. The Labute approximate surface area is 158 Å².